The van der Waals surface area contributed by atoms with Crippen LogP contribution in [0.4, 0.5) is 29.0 Å². The van der Waals surface area contributed by atoms with E-state index in [1.165, 1.54) is 12.1 Å². The number of hydrazine groups is 2. The van der Waals surface area contributed by atoms with Crippen LogP contribution in [0, 0.1) is 0 Å². The Balaban J connectivity index is 1.78. The van der Waals surface area contributed by atoms with Crippen LogP contribution < -0.4 is 31.9 Å². The highest BCUT2D eigenvalue weighted by molar-refractivity contribution is 5.93. The van der Waals surface area contributed by atoms with E-state index in [0.29, 0.717) is 23.3 Å². The Morgan fingerprint density at radius 1 is 1.15 bits per heavy atom. The zero-order valence-electron chi connectivity index (χ0n) is 20.0. The second-order valence-corrected chi connectivity index (χ2v) is 9.46. The summed E-state index contributed by atoms with van der Waals surface area (Å²) >= 11 is 0. The molecule has 0 saturated heterocycles. The van der Waals surface area contributed by atoms with Crippen LogP contribution in [0.25, 0.3) is 0 Å². The summed E-state index contributed by atoms with van der Waals surface area (Å²) in [6.45, 7) is 8.25. The second-order valence-electron chi connectivity index (χ2n) is 9.46. The van der Waals surface area contributed by atoms with Crippen molar-refractivity contribution in [1.29, 1.82) is 0 Å². The van der Waals surface area contributed by atoms with Crippen molar-refractivity contribution in [2.45, 2.75) is 77.5 Å². The molecule has 1 aliphatic carbocycles. The van der Waals surface area contributed by atoms with E-state index in [0.717, 1.165) is 31.4 Å². The largest absolute Gasteiger partial charge is 0.507 e. The third-order valence-corrected chi connectivity index (χ3v) is 6.21. The van der Waals surface area contributed by atoms with Gasteiger partial charge in [-0.15, -0.1) is 5.53 Å². The molecule has 2 aliphatic rings. The molecule has 2 heterocycles. The fourth-order valence-electron chi connectivity index (χ4n) is 4.36. The molecule has 11 heteroatoms. The Labute approximate surface area is 199 Å². The highest BCUT2D eigenvalue weighted by Crippen LogP contribution is 2.41. The molecular formula is C23H34N8O3. The summed E-state index contributed by atoms with van der Waals surface area (Å²) in [5.41, 5.74) is 10.8. The molecule has 1 saturated carbocycles. The number of hydrogen-bond acceptors (Lipinski definition) is 10. The summed E-state index contributed by atoms with van der Waals surface area (Å²) in [4.78, 5) is 21.2. The number of fused-ring (bicyclic) bond motifs is 1. The molecule has 2 unspecified atom stereocenters. The zero-order valence-corrected chi connectivity index (χ0v) is 20.0. The van der Waals surface area contributed by atoms with Gasteiger partial charge in [0, 0.05) is 29.9 Å². The lowest BCUT2D eigenvalue weighted by Gasteiger charge is -2.29. The van der Waals surface area contributed by atoms with Crippen LogP contribution in [0.1, 0.15) is 63.7 Å². The number of nitrogens with two attached hydrogens (primary N) is 1. The Morgan fingerprint density at radius 2 is 1.85 bits per heavy atom. The first kappa shape index (κ1) is 23.8. The molecule has 0 bridgehead atoms. The standard InChI is InChI=1S/C23H34N8O3/c1-12(2)30-19-20(25-14-9-10-18(32)15(11-14)22(33)34)27-23(26-17-8-6-5-7-16(17)24)28-21(19)31(29-30)13(3)4/h9-13,16-17,29,32H,5-8,24H2,1-4H3,(H,33,34)(H2,25,26,27,28). The molecule has 0 radical (unpaired) electrons. The lowest BCUT2D eigenvalue weighted by Crippen LogP contribution is -2.50. The van der Waals surface area contributed by atoms with Gasteiger partial charge in [-0.2, -0.15) is 9.97 Å². The summed E-state index contributed by atoms with van der Waals surface area (Å²) in [5.74, 6) is 0.183. The molecule has 0 amide bonds. The average molecular weight is 471 g/mol. The van der Waals surface area contributed by atoms with E-state index in [1.807, 2.05) is 10.0 Å². The molecule has 1 aliphatic heterocycles. The van der Waals surface area contributed by atoms with Gasteiger partial charge in [-0.1, -0.05) is 12.8 Å². The molecule has 7 N–H and O–H groups in total. The number of anilines is 5. The first-order valence-corrected chi connectivity index (χ1v) is 11.8. The number of rotatable bonds is 7. The number of nitrogens with one attached hydrogen (secondary N) is 3. The van der Waals surface area contributed by atoms with Gasteiger partial charge in [0.05, 0.1) is 0 Å². The number of aromatic nitrogens is 2. The Hall–Kier alpha value is -3.31. The maximum Gasteiger partial charge on any atom is 0.339 e. The molecule has 1 fully saturated rings. The Bertz CT molecular complexity index is 1060. The normalized spacial score (nSPS) is 20.1. The fraction of sp³-hybridized carbons (Fsp3) is 0.522. The van der Waals surface area contributed by atoms with Gasteiger partial charge < -0.3 is 26.6 Å². The van der Waals surface area contributed by atoms with E-state index in [-0.39, 0.29) is 35.5 Å². The summed E-state index contributed by atoms with van der Waals surface area (Å²) < 4.78 is 0. The fourth-order valence-corrected chi connectivity index (χ4v) is 4.36. The van der Waals surface area contributed by atoms with Crippen molar-refractivity contribution in [3.05, 3.63) is 23.8 Å². The molecule has 34 heavy (non-hydrogen) atoms. The van der Waals surface area contributed by atoms with E-state index >= 15 is 0 Å². The van der Waals surface area contributed by atoms with Gasteiger partial charge in [-0.25, -0.2) is 4.79 Å². The van der Waals surface area contributed by atoms with Crippen LogP contribution in [0.15, 0.2) is 18.2 Å². The van der Waals surface area contributed by atoms with Gasteiger partial charge in [0.2, 0.25) is 5.95 Å². The zero-order chi connectivity index (χ0) is 24.6. The summed E-state index contributed by atoms with van der Waals surface area (Å²) in [6, 6.07) is 4.67. The monoisotopic (exact) mass is 470 g/mol. The average Bonchev–Trinajstić information content (AvgIpc) is 3.17. The molecule has 2 aromatic rings. The smallest absolute Gasteiger partial charge is 0.339 e. The molecule has 1 aromatic heterocycles. The summed E-state index contributed by atoms with van der Waals surface area (Å²) in [5, 5.41) is 30.0. The lowest BCUT2D eigenvalue weighted by molar-refractivity contribution is 0.0694. The van der Waals surface area contributed by atoms with Gasteiger partial charge in [-0.3, -0.25) is 10.0 Å². The van der Waals surface area contributed by atoms with E-state index in [9.17, 15) is 15.0 Å². The van der Waals surface area contributed by atoms with Gasteiger partial charge in [0.1, 0.15) is 17.0 Å². The molecule has 184 valence electrons. The number of aromatic carboxylic acids is 1. The Kier molecular flexibility index (Phi) is 6.67. The third kappa shape index (κ3) is 4.66. The van der Waals surface area contributed by atoms with Gasteiger partial charge >= 0.3 is 5.97 Å². The predicted molar refractivity (Wildman–Crippen MR) is 133 cm³/mol. The minimum absolute atomic E-state index is 0.0312. The minimum atomic E-state index is -1.21. The first-order valence-electron chi connectivity index (χ1n) is 11.8. The summed E-state index contributed by atoms with van der Waals surface area (Å²) in [6.07, 6.45) is 4.14. The van der Waals surface area contributed by atoms with Crippen LogP contribution in [-0.2, 0) is 0 Å². The number of phenols is 1. The second kappa shape index (κ2) is 9.51. The Morgan fingerprint density at radius 3 is 2.50 bits per heavy atom. The van der Waals surface area contributed by atoms with E-state index in [2.05, 4.69) is 43.9 Å². The van der Waals surface area contributed by atoms with Crippen molar-refractivity contribution in [3.8, 4) is 5.75 Å². The number of hydrogen-bond donors (Lipinski definition) is 6. The quantitative estimate of drug-likeness (QED) is 0.331. The number of carboxylic acids is 1. The number of nitrogens with zero attached hydrogens (tertiary/aromatic N) is 4. The van der Waals surface area contributed by atoms with Gasteiger partial charge in [-0.05, 0) is 58.7 Å². The van der Waals surface area contributed by atoms with Crippen molar-refractivity contribution in [1.82, 2.24) is 15.5 Å². The van der Waals surface area contributed by atoms with Crippen LogP contribution in [0.5, 0.6) is 5.75 Å². The number of aromatic hydroxyl groups is 1. The van der Waals surface area contributed by atoms with Gasteiger partial charge in [0.15, 0.2) is 11.6 Å². The molecule has 2 atom stereocenters. The molecule has 4 rings (SSSR count). The van der Waals surface area contributed by atoms with Crippen LogP contribution in [0.3, 0.4) is 0 Å². The molecule has 11 nitrogen and oxygen atoms in total. The summed E-state index contributed by atoms with van der Waals surface area (Å²) in [7, 11) is 0. The van der Waals surface area contributed by atoms with E-state index in [4.69, 9.17) is 15.7 Å². The van der Waals surface area contributed by atoms with Crippen molar-refractivity contribution in [2.24, 2.45) is 5.73 Å². The maximum atomic E-state index is 11.5. The van der Waals surface area contributed by atoms with Gasteiger partial charge in [0.25, 0.3) is 0 Å². The number of carbonyl (C=O) groups is 1. The topological polar surface area (TPSA) is 152 Å². The SMILES string of the molecule is CC(C)N1NN(C(C)C)c2c(Nc3ccc(O)c(C(=O)O)c3)nc(NC3CCCCC3N)nc21. The van der Waals surface area contributed by atoms with Crippen LogP contribution >= 0.6 is 0 Å². The highest BCUT2D eigenvalue weighted by atomic mass is 16.4. The van der Waals surface area contributed by atoms with Crippen molar-refractivity contribution in [3.63, 3.8) is 0 Å². The minimum Gasteiger partial charge on any atom is -0.507 e. The lowest BCUT2D eigenvalue weighted by atomic mass is 9.91. The maximum absolute atomic E-state index is 11.5. The predicted octanol–water partition coefficient (Wildman–Crippen LogP) is 3.17. The van der Waals surface area contributed by atoms with Crippen LogP contribution in [0.2, 0.25) is 0 Å². The van der Waals surface area contributed by atoms with Crippen LogP contribution in [-0.4, -0.2) is 50.3 Å². The van der Waals surface area contributed by atoms with Crippen molar-refractivity contribution in [2.75, 3.05) is 20.7 Å². The highest BCUT2D eigenvalue weighted by Gasteiger charge is 2.35. The first-order chi connectivity index (χ1) is 16.2. The van der Waals surface area contributed by atoms with E-state index < -0.39 is 5.97 Å². The van der Waals surface area contributed by atoms with Crippen molar-refractivity contribution >= 4 is 34.9 Å². The van der Waals surface area contributed by atoms with E-state index in [1.54, 1.807) is 6.07 Å². The number of benzene rings is 1. The third-order valence-electron chi connectivity index (χ3n) is 6.21. The number of carboxylic acid groups (broad SMARTS) is 1. The molecule has 0 spiro atoms. The van der Waals surface area contributed by atoms with Crippen molar-refractivity contribution < 1.29 is 15.0 Å². The molecule has 1 aromatic carbocycles. The molecular weight excluding hydrogens is 436 g/mol.